The van der Waals surface area contributed by atoms with E-state index in [0.29, 0.717) is 0 Å². The summed E-state index contributed by atoms with van der Waals surface area (Å²) in [6.45, 7) is 3.63. The summed E-state index contributed by atoms with van der Waals surface area (Å²) < 4.78 is 0. The lowest BCUT2D eigenvalue weighted by Crippen LogP contribution is -2.21. The Morgan fingerprint density at radius 3 is 2.38 bits per heavy atom. The number of carbonyl (C=O) groups is 1. The Bertz CT molecular complexity index is 285. The highest BCUT2D eigenvalue weighted by Crippen LogP contribution is 2.23. The van der Waals surface area contributed by atoms with Gasteiger partial charge in [-0.05, 0) is 19.4 Å². The third kappa shape index (κ3) is 2.39. The van der Waals surface area contributed by atoms with Gasteiger partial charge in [-0.3, -0.25) is 0 Å². The first-order chi connectivity index (χ1) is 6.06. The molecule has 1 N–H and O–H groups in total. The van der Waals surface area contributed by atoms with Crippen LogP contribution in [0.5, 0.6) is 0 Å². The number of hydrogen-bond donors (Lipinski definition) is 1. The maximum atomic E-state index is 10.3. The zero-order valence-electron chi connectivity index (χ0n) is 7.95. The van der Waals surface area contributed by atoms with E-state index in [4.69, 9.17) is 0 Å². The van der Waals surface area contributed by atoms with Crippen LogP contribution in [0, 0.1) is 6.92 Å². The predicted molar refractivity (Wildman–Crippen MR) is 51.4 cm³/mol. The van der Waals surface area contributed by atoms with Crippen molar-refractivity contribution in [3.8, 4) is 0 Å². The maximum absolute atomic E-state index is 10.3. The number of aliphatic hydroxyl groups is 1. The molecular weight excluding hydrogens is 164 g/mol. The minimum absolute atomic E-state index is 0.135. The van der Waals surface area contributed by atoms with Crippen molar-refractivity contribution in [2.45, 2.75) is 25.9 Å². The van der Waals surface area contributed by atoms with Crippen LogP contribution >= 0.6 is 0 Å². The molecule has 0 bridgehead atoms. The van der Waals surface area contributed by atoms with Gasteiger partial charge in [0, 0.05) is 6.42 Å². The second kappa shape index (κ2) is 3.71. The predicted octanol–water partition coefficient (Wildman–Crippen LogP) is 1.79. The van der Waals surface area contributed by atoms with E-state index < -0.39 is 5.60 Å². The molecule has 1 unspecified atom stereocenters. The van der Waals surface area contributed by atoms with E-state index in [0.717, 1.165) is 17.4 Å². The lowest BCUT2D eigenvalue weighted by Gasteiger charge is -2.20. The Balaban J connectivity index is 2.93. The Labute approximate surface area is 78.2 Å². The molecule has 2 nitrogen and oxygen atoms in total. The molecule has 0 aliphatic carbocycles. The quantitative estimate of drug-likeness (QED) is 0.716. The van der Waals surface area contributed by atoms with E-state index in [1.807, 2.05) is 31.2 Å². The summed E-state index contributed by atoms with van der Waals surface area (Å²) in [6, 6.07) is 7.54. The molecule has 0 aliphatic rings. The average Bonchev–Trinajstić information content (AvgIpc) is 2.05. The smallest absolute Gasteiger partial charge is 0.123 e. The van der Waals surface area contributed by atoms with Crippen molar-refractivity contribution in [3.63, 3.8) is 0 Å². The number of hydrogen-bond acceptors (Lipinski definition) is 2. The SMILES string of the molecule is Cc1ccc(C(C)(O)CC=O)cc1. The lowest BCUT2D eigenvalue weighted by molar-refractivity contribution is -0.112. The van der Waals surface area contributed by atoms with Crippen molar-refractivity contribution >= 4 is 6.29 Å². The molecule has 0 fully saturated rings. The molecular formula is C11H14O2. The van der Waals surface area contributed by atoms with Gasteiger partial charge in [-0.15, -0.1) is 0 Å². The minimum atomic E-state index is -1.03. The van der Waals surface area contributed by atoms with Crippen molar-refractivity contribution in [3.05, 3.63) is 35.4 Å². The van der Waals surface area contributed by atoms with Crippen LogP contribution < -0.4 is 0 Å². The van der Waals surface area contributed by atoms with Crippen LogP contribution in [-0.4, -0.2) is 11.4 Å². The molecule has 1 rings (SSSR count). The Hall–Kier alpha value is -1.15. The fourth-order valence-corrected chi connectivity index (χ4v) is 1.19. The molecule has 0 saturated carbocycles. The number of rotatable bonds is 3. The first-order valence-corrected chi connectivity index (χ1v) is 4.29. The Morgan fingerprint density at radius 1 is 1.38 bits per heavy atom. The van der Waals surface area contributed by atoms with Crippen LogP contribution in [0.2, 0.25) is 0 Å². The van der Waals surface area contributed by atoms with Crippen LogP contribution in [0.15, 0.2) is 24.3 Å². The fraction of sp³-hybridized carbons (Fsp3) is 0.364. The molecule has 1 aromatic rings. The molecule has 0 radical (unpaired) electrons. The van der Waals surface area contributed by atoms with Crippen LogP contribution in [0.1, 0.15) is 24.5 Å². The van der Waals surface area contributed by atoms with Gasteiger partial charge in [0.25, 0.3) is 0 Å². The van der Waals surface area contributed by atoms with Crippen molar-refractivity contribution in [2.24, 2.45) is 0 Å². The molecule has 0 heterocycles. The zero-order valence-corrected chi connectivity index (χ0v) is 7.95. The van der Waals surface area contributed by atoms with Gasteiger partial charge in [-0.2, -0.15) is 0 Å². The van der Waals surface area contributed by atoms with Crippen LogP contribution in [0.3, 0.4) is 0 Å². The molecule has 0 aliphatic heterocycles. The van der Waals surface area contributed by atoms with Gasteiger partial charge in [-0.25, -0.2) is 0 Å². The lowest BCUT2D eigenvalue weighted by atomic mass is 9.93. The highest BCUT2D eigenvalue weighted by molar-refractivity contribution is 5.52. The molecule has 2 heteroatoms. The Kier molecular flexibility index (Phi) is 2.83. The van der Waals surface area contributed by atoms with Crippen molar-refractivity contribution < 1.29 is 9.90 Å². The summed E-state index contributed by atoms with van der Waals surface area (Å²) >= 11 is 0. The number of benzene rings is 1. The van der Waals surface area contributed by atoms with Crippen molar-refractivity contribution in [1.29, 1.82) is 0 Å². The first-order valence-electron chi connectivity index (χ1n) is 4.29. The fourth-order valence-electron chi connectivity index (χ4n) is 1.19. The number of aldehydes is 1. The molecule has 0 amide bonds. The summed E-state index contributed by atoms with van der Waals surface area (Å²) in [4.78, 5) is 10.3. The largest absolute Gasteiger partial charge is 0.385 e. The Morgan fingerprint density at radius 2 is 1.92 bits per heavy atom. The first kappa shape index (κ1) is 9.93. The number of carbonyl (C=O) groups excluding carboxylic acids is 1. The summed E-state index contributed by atoms with van der Waals surface area (Å²) in [5.41, 5.74) is 0.894. The van der Waals surface area contributed by atoms with Gasteiger partial charge in [0.05, 0.1) is 5.60 Å². The van der Waals surface area contributed by atoms with Crippen LogP contribution in [-0.2, 0) is 10.4 Å². The normalized spacial score (nSPS) is 15.0. The van der Waals surface area contributed by atoms with Gasteiger partial charge in [0.1, 0.15) is 6.29 Å². The third-order valence-corrected chi connectivity index (χ3v) is 2.15. The van der Waals surface area contributed by atoms with Gasteiger partial charge in [0.15, 0.2) is 0 Å². The van der Waals surface area contributed by atoms with Crippen LogP contribution in [0.25, 0.3) is 0 Å². The topological polar surface area (TPSA) is 37.3 Å². The monoisotopic (exact) mass is 178 g/mol. The van der Waals surface area contributed by atoms with Crippen molar-refractivity contribution in [2.75, 3.05) is 0 Å². The molecule has 13 heavy (non-hydrogen) atoms. The second-order valence-corrected chi connectivity index (χ2v) is 3.51. The minimum Gasteiger partial charge on any atom is -0.385 e. The molecule has 0 aromatic heterocycles. The highest BCUT2D eigenvalue weighted by Gasteiger charge is 2.21. The van der Waals surface area contributed by atoms with Gasteiger partial charge < -0.3 is 9.90 Å². The molecule has 1 aromatic carbocycles. The van der Waals surface area contributed by atoms with E-state index in [1.54, 1.807) is 6.92 Å². The third-order valence-electron chi connectivity index (χ3n) is 2.15. The summed E-state index contributed by atoms with van der Waals surface area (Å²) in [5.74, 6) is 0. The standard InChI is InChI=1S/C11H14O2/c1-9-3-5-10(6-4-9)11(2,13)7-8-12/h3-6,8,13H,7H2,1-2H3. The highest BCUT2D eigenvalue weighted by atomic mass is 16.3. The van der Waals surface area contributed by atoms with E-state index in [1.165, 1.54) is 0 Å². The summed E-state index contributed by atoms with van der Waals surface area (Å²) in [6.07, 6.45) is 0.871. The maximum Gasteiger partial charge on any atom is 0.123 e. The van der Waals surface area contributed by atoms with Crippen molar-refractivity contribution in [1.82, 2.24) is 0 Å². The number of aryl methyl sites for hydroxylation is 1. The average molecular weight is 178 g/mol. The molecule has 0 saturated heterocycles. The van der Waals surface area contributed by atoms with E-state index in [2.05, 4.69) is 0 Å². The van der Waals surface area contributed by atoms with Gasteiger partial charge >= 0.3 is 0 Å². The molecule has 1 atom stereocenters. The van der Waals surface area contributed by atoms with Crippen LogP contribution in [0.4, 0.5) is 0 Å². The summed E-state index contributed by atoms with van der Waals surface area (Å²) in [7, 11) is 0. The van der Waals surface area contributed by atoms with Gasteiger partial charge in [-0.1, -0.05) is 29.8 Å². The molecule has 0 spiro atoms. The second-order valence-electron chi connectivity index (χ2n) is 3.51. The van der Waals surface area contributed by atoms with Gasteiger partial charge in [0.2, 0.25) is 0 Å². The summed E-state index contributed by atoms with van der Waals surface area (Å²) in [5, 5.41) is 9.85. The molecule has 70 valence electrons. The van der Waals surface area contributed by atoms with E-state index in [9.17, 15) is 9.90 Å². The zero-order chi connectivity index (χ0) is 9.90. The van der Waals surface area contributed by atoms with E-state index in [-0.39, 0.29) is 6.42 Å². The van der Waals surface area contributed by atoms with E-state index >= 15 is 0 Å².